The second-order valence-corrected chi connectivity index (χ2v) is 6.17. The predicted molar refractivity (Wildman–Crippen MR) is 102 cm³/mol. The van der Waals surface area contributed by atoms with Crippen LogP contribution in [-0.2, 0) is 0 Å². The second-order valence-electron chi connectivity index (χ2n) is 6.17. The number of anilines is 4. The normalized spacial score (nSPS) is 14.8. The fraction of sp³-hybridized carbons (Fsp3) is 0.368. The van der Waals surface area contributed by atoms with E-state index in [0.29, 0.717) is 12.3 Å². The third kappa shape index (κ3) is 3.35. The van der Waals surface area contributed by atoms with E-state index in [-0.39, 0.29) is 0 Å². The molecule has 5 nitrogen and oxygen atoms in total. The molecule has 0 spiro atoms. The van der Waals surface area contributed by atoms with Crippen molar-refractivity contribution in [2.45, 2.75) is 13.8 Å². The first-order valence-electron chi connectivity index (χ1n) is 8.47. The summed E-state index contributed by atoms with van der Waals surface area (Å²) in [5, 5.41) is 0. The van der Waals surface area contributed by atoms with Crippen molar-refractivity contribution in [2.24, 2.45) is 0 Å². The highest BCUT2D eigenvalue weighted by Gasteiger charge is 2.18. The second kappa shape index (κ2) is 6.91. The monoisotopic (exact) mass is 326 g/mol. The molecule has 128 valence electrons. The highest BCUT2D eigenvalue weighted by atomic mass is 16.5. The third-order valence-corrected chi connectivity index (χ3v) is 4.56. The Bertz CT molecular complexity index is 709. The fourth-order valence-corrected chi connectivity index (χ4v) is 3.08. The smallest absolute Gasteiger partial charge is 0.144 e. The van der Waals surface area contributed by atoms with Gasteiger partial charge in [-0.25, -0.2) is 0 Å². The van der Waals surface area contributed by atoms with Crippen LogP contribution in [0.1, 0.15) is 12.5 Å². The molecule has 0 radical (unpaired) electrons. The number of nitrogens with two attached hydrogens (primary N) is 2. The first-order chi connectivity index (χ1) is 11.6. The van der Waals surface area contributed by atoms with Crippen molar-refractivity contribution < 1.29 is 4.74 Å². The number of nitrogens with zero attached hydrogens (tertiary/aromatic N) is 2. The zero-order valence-corrected chi connectivity index (χ0v) is 14.5. The molecule has 0 unspecified atom stereocenters. The molecule has 1 aliphatic heterocycles. The van der Waals surface area contributed by atoms with Gasteiger partial charge in [0.1, 0.15) is 5.75 Å². The quantitative estimate of drug-likeness (QED) is 0.846. The van der Waals surface area contributed by atoms with E-state index in [2.05, 4.69) is 34.9 Å². The average Bonchev–Trinajstić information content (AvgIpc) is 2.60. The number of ether oxygens (including phenoxy) is 1. The molecule has 24 heavy (non-hydrogen) atoms. The van der Waals surface area contributed by atoms with E-state index >= 15 is 0 Å². The van der Waals surface area contributed by atoms with Gasteiger partial charge >= 0.3 is 0 Å². The van der Waals surface area contributed by atoms with E-state index in [1.807, 2.05) is 25.1 Å². The maximum Gasteiger partial charge on any atom is 0.144 e. The van der Waals surface area contributed by atoms with Crippen LogP contribution in [0.15, 0.2) is 36.4 Å². The molecule has 0 amide bonds. The van der Waals surface area contributed by atoms with Crippen LogP contribution in [0.3, 0.4) is 0 Å². The summed E-state index contributed by atoms with van der Waals surface area (Å²) < 4.78 is 5.61. The van der Waals surface area contributed by atoms with E-state index in [1.54, 1.807) is 0 Å². The largest absolute Gasteiger partial charge is 0.492 e. The molecular weight excluding hydrogens is 300 g/mol. The Labute approximate surface area is 143 Å². The summed E-state index contributed by atoms with van der Waals surface area (Å²) in [5.74, 6) is 0.770. The van der Waals surface area contributed by atoms with Gasteiger partial charge in [-0.15, -0.1) is 0 Å². The number of nitrogen functional groups attached to an aromatic ring is 2. The van der Waals surface area contributed by atoms with Crippen molar-refractivity contribution in [3.05, 3.63) is 42.0 Å². The van der Waals surface area contributed by atoms with Crippen molar-refractivity contribution >= 4 is 22.7 Å². The molecular formula is C19H26N4O. The van der Waals surface area contributed by atoms with Gasteiger partial charge < -0.3 is 26.0 Å². The number of hydrogen-bond acceptors (Lipinski definition) is 5. The van der Waals surface area contributed by atoms with Crippen molar-refractivity contribution in [3.63, 3.8) is 0 Å². The lowest BCUT2D eigenvalue weighted by Crippen LogP contribution is -2.46. The number of benzene rings is 2. The Morgan fingerprint density at radius 3 is 1.96 bits per heavy atom. The van der Waals surface area contributed by atoms with Crippen LogP contribution >= 0.6 is 0 Å². The zero-order chi connectivity index (χ0) is 17.1. The minimum absolute atomic E-state index is 0.623. The van der Waals surface area contributed by atoms with Gasteiger partial charge in [-0.2, -0.15) is 0 Å². The first-order valence-corrected chi connectivity index (χ1v) is 8.47. The van der Waals surface area contributed by atoms with E-state index < -0.39 is 0 Å². The predicted octanol–water partition coefficient (Wildman–Crippen LogP) is 2.88. The van der Waals surface area contributed by atoms with Gasteiger partial charge in [-0.05, 0) is 49.7 Å². The number of piperazine rings is 1. The minimum atomic E-state index is 0.623. The number of rotatable bonds is 4. The van der Waals surface area contributed by atoms with E-state index in [9.17, 15) is 0 Å². The molecule has 2 aromatic carbocycles. The number of aryl methyl sites for hydroxylation is 1. The maximum absolute atomic E-state index is 5.97. The first kappa shape index (κ1) is 16.3. The lowest BCUT2D eigenvalue weighted by atomic mass is 10.1. The highest BCUT2D eigenvalue weighted by Crippen LogP contribution is 2.29. The van der Waals surface area contributed by atoms with Crippen molar-refractivity contribution in [2.75, 3.05) is 54.1 Å². The molecule has 1 saturated heterocycles. The van der Waals surface area contributed by atoms with Gasteiger partial charge in [0, 0.05) is 49.3 Å². The third-order valence-electron chi connectivity index (χ3n) is 4.56. The molecule has 0 atom stereocenters. The summed E-state index contributed by atoms with van der Waals surface area (Å²) in [4.78, 5) is 4.78. The molecule has 0 aromatic heterocycles. The molecule has 1 fully saturated rings. The molecule has 2 aromatic rings. The van der Waals surface area contributed by atoms with Crippen molar-refractivity contribution in [3.8, 4) is 5.75 Å². The van der Waals surface area contributed by atoms with E-state index in [4.69, 9.17) is 16.2 Å². The molecule has 0 aliphatic carbocycles. The van der Waals surface area contributed by atoms with Crippen LogP contribution in [-0.4, -0.2) is 32.8 Å². The van der Waals surface area contributed by atoms with Gasteiger partial charge in [-0.3, -0.25) is 0 Å². The van der Waals surface area contributed by atoms with Crippen molar-refractivity contribution in [1.82, 2.24) is 0 Å². The van der Waals surface area contributed by atoms with Crippen LogP contribution in [0, 0.1) is 6.92 Å². The Kier molecular flexibility index (Phi) is 4.69. The van der Waals surface area contributed by atoms with Gasteiger partial charge in [-0.1, -0.05) is 0 Å². The Balaban J connectivity index is 1.68. The van der Waals surface area contributed by atoms with Crippen LogP contribution in [0.4, 0.5) is 22.7 Å². The van der Waals surface area contributed by atoms with Crippen molar-refractivity contribution in [1.29, 1.82) is 0 Å². The average molecular weight is 326 g/mol. The van der Waals surface area contributed by atoms with E-state index in [0.717, 1.165) is 43.2 Å². The molecule has 1 heterocycles. The summed E-state index contributed by atoms with van der Waals surface area (Å²) in [5.41, 5.74) is 17.0. The maximum atomic E-state index is 5.97. The minimum Gasteiger partial charge on any atom is -0.492 e. The summed E-state index contributed by atoms with van der Waals surface area (Å²) in [6.07, 6.45) is 0. The summed E-state index contributed by atoms with van der Waals surface area (Å²) in [6.45, 7) is 8.56. The van der Waals surface area contributed by atoms with Crippen LogP contribution < -0.4 is 26.0 Å². The lowest BCUT2D eigenvalue weighted by molar-refractivity contribution is 0.342. The van der Waals surface area contributed by atoms with E-state index in [1.165, 1.54) is 11.4 Å². The Hall–Kier alpha value is -2.56. The summed E-state index contributed by atoms with van der Waals surface area (Å²) in [6, 6.07) is 12.3. The van der Waals surface area contributed by atoms with Gasteiger partial charge in [0.2, 0.25) is 0 Å². The SMILES string of the molecule is CCOc1cc(N2CCN(c3ccc(N)c(C)c3)CC2)ccc1N. The number of hydrogen-bond donors (Lipinski definition) is 2. The van der Waals surface area contributed by atoms with Crippen LogP contribution in [0.2, 0.25) is 0 Å². The van der Waals surface area contributed by atoms with Gasteiger partial charge in [0.05, 0.1) is 12.3 Å². The van der Waals surface area contributed by atoms with Gasteiger partial charge in [0.25, 0.3) is 0 Å². The highest BCUT2D eigenvalue weighted by molar-refractivity contribution is 5.63. The van der Waals surface area contributed by atoms with Crippen LogP contribution in [0.25, 0.3) is 0 Å². The molecule has 5 heteroatoms. The molecule has 3 rings (SSSR count). The molecule has 4 N–H and O–H groups in total. The fourth-order valence-electron chi connectivity index (χ4n) is 3.08. The summed E-state index contributed by atoms with van der Waals surface area (Å²) in [7, 11) is 0. The molecule has 0 saturated carbocycles. The standard InChI is InChI=1S/C19H26N4O/c1-3-24-19-13-16(5-7-18(19)21)23-10-8-22(9-11-23)15-4-6-17(20)14(2)12-15/h4-7,12-13H,3,8-11,20-21H2,1-2H3. The molecule has 0 bridgehead atoms. The topological polar surface area (TPSA) is 67.8 Å². The summed E-state index contributed by atoms with van der Waals surface area (Å²) >= 11 is 0. The Morgan fingerprint density at radius 1 is 0.875 bits per heavy atom. The van der Waals surface area contributed by atoms with Gasteiger partial charge in [0.15, 0.2) is 0 Å². The zero-order valence-electron chi connectivity index (χ0n) is 14.5. The lowest BCUT2D eigenvalue weighted by Gasteiger charge is -2.37. The molecule has 1 aliphatic rings. The van der Waals surface area contributed by atoms with Crippen LogP contribution in [0.5, 0.6) is 5.75 Å². The Morgan fingerprint density at radius 2 is 1.42 bits per heavy atom.